The van der Waals surface area contributed by atoms with Gasteiger partial charge in [0.25, 0.3) is 0 Å². The molecule has 1 aromatic heterocycles. The predicted octanol–water partition coefficient (Wildman–Crippen LogP) is 1.31. The Kier molecular flexibility index (Phi) is 5.19. The number of carbonyl (C=O) groups is 2. The highest BCUT2D eigenvalue weighted by molar-refractivity contribution is 5.97. The molecule has 22 heavy (non-hydrogen) atoms. The molecule has 1 aliphatic rings. The van der Waals surface area contributed by atoms with Crippen LogP contribution in [-0.2, 0) is 4.79 Å². The van der Waals surface area contributed by atoms with Crippen molar-refractivity contribution in [2.75, 3.05) is 23.3 Å². The van der Waals surface area contributed by atoms with Crippen molar-refractivity contribution in [2.24, 2.45) is 11.7 Å². The fourth-order valence-electron chi connectivity index (χ4n) is 2.50. The number of carbonyl (C=O) groups excluding carboxylic acids is 2. The molecule has 1 aliphatic heterocycles. The standard InChI is InChI=1S/C15H23N5O2/c1-10(2)13(19-15(16)22)14(21)18-11-5-6-12(17-9-11)20-7-3-4-8-20/h5-6,9-10,13H,3-4,7-8H2,1-2H3,(H,18,21)(H3,16,19,22)/t13-/m0/s1. The quantitative estimate of drug-likeness (QED) is 0.763. The topological polar surface area (TPSA) is 100 Å². The van der Waals surface area contributed by atoms with Gasteiger partial charge in [0.1, 0.15) is 11.9 Å². The van der Waals surface area contributed by atoms with E-state index in [1.807, 2.05) is 26.0 Å². The molecule has 120 valence electrons. The van der Waals surface area contributed by atoms with Crippen molar-refractivity contribution in [2.45, 2.75) is 32.7 Å². The minimum absolute atomic E-state index is 0.0654. The molecule has 4 N–H and O–H groups in total. The molecule has 2 heterocycles. The van der Waals surface area contributed by atoms with E-state index in [1.54, 1.807) is 6.20 Å². The summed E-state index contributed by atoms with van der Waals surface area (Å²) in [6.07, 6.45) is 4.01. The Hall–Kier alpha value is -2.31. The molecule has 0 spiro atoms. The maximum Gasteiger partial charge on any atom is 0.312 e. The number of nitrogens with two attached hydrogens (primary N) is 1. The zero-order valence-corrected chi connectivity index (χ0v) is 13.0. The minimum Gasteiger partial charge on any atom is -0.357 e. The molecule has 0 bridgehead atoms. The van der Waals surface area contributed by atoms with Gasteiger partial charge < -0.3 is 21.3 Å². The van der Waals surface area contributed by atoms with E-state index in [0.717, 1.165) is 18.9 Å². The summed E-state index contributed by atoms with van der Waals surface area (Å²) < 4.78 is 0. The Balaban J connectivity index is 1.99. The molecular formula is C15H23N5O2. The third-order valence-corrected chi connectivity index (χ3v) is 3.69. The van der Waals surface area contributed by atoms with Crippen LogP contribution in [0.3, 0.4) is 0 Å². The van der Waals surface area contributed by atoms with Gasteiger partial charge in [-0.2, -0.15) is 0 Å². The Morgan fingerprint density at radius 2 is 1.95 bits per heavy atom. The van der Waals surface area contributed by atoms with Gasteiger partial charge in [-0.1, -0.05) is 13.8 Å². The van der Waals surface area contributed by atoms with Crippen LogP contribution < -0.4 is 21.3 Å². The third kappa shape index (κ3) is 4.09. The number of anilines is 2. The smallest absolute Gasteiger partial charge is 0.312 e. The number of nitrogens with zero attached hydrogens (tertiary/aromatic N) is 2. The summed E-state index contributed by atoms with van der Waals surface area (Å²) in [5.41, 5.74) is 5.71. The molecule has 3 amide bonds. The second-order valence-electron chi connectivity index (χ2n) is 5.82. The van der Waals surface area contributed by atoms with Crippen molar-refractivity contribution in [3.8, 4) is 0 Å². The Morgan fingerprint density at radius 1 is 1.27 bits per heavy atom. The Morgan fingerprint density at radius 3 is 2.45 bits per heavy atom. The van der Waals surface area contributed by atoms with Crippen LogP contribution in [-0.4, -0.2) is 36.1 Å². The van der Waals surface area contributed by atoms with Crippen molar-refractivity contribution >= 4 is 23.4 Å². The second-order valence-corrected chi connectivity index (χ2v) is 5.82. The molecule has 1 fully saturated rings. The first-order valence-electron chi connectivity index (χ1n) is 7.55. The summed E-state index contributed by atoms with van der Waals surface area (Å²) in [7, 11) is 0. The zero-order valence-electron chi connectivity index (χ0n) is 13.0. The monoisotopic (exact) mass is 305 g/mol. The van der Waals surface area contributed by atoms with E-state index in [0.29, 0.717) is 5.69 Å². The van der Waals surface area contributed by atoms with Crippen LogP contribution in [0.15, 0.2) is 18.3 Å². The number of hydrogen-bond donors (Lipinski definition) is 3. The van der Waals surface area contributed by atoms with E-state index >= 15 is 0 Å². The summed E-state index contributed by atoms with van der Waals surface area (Å²) in [6.45, 7) is 5.73. The van der Waals surface area contributed by atoms with Crippen molar-refractivity contribution in [1.29, 1.82) is 0 Å². The van der Waals surface area contributed by atoms with Gasteiger partial charge in [-0.15, -0.1) is 0 Å². The lowest BCUT2D eigenvalue weighted by molar-refractivity contribution is -0.118. The molecular weight excluding hydrogens is 282 g/mol. The molecule has 0 saturated carbocycles. The average molecular weight is 305 g/mol. The SMILES string of the molecule is CC(C)[C@H](NC(N)=O)C(=O)Nc1ccc(N2CCCC2)nc1. The van der Waals surface area contributed by atoms with Crippen molar-refractivity contribution in [1.82, 2.24) is 10.3 Å². The maximum atomic E-state index is 12.2. The van der Waals surface area contributed by atoms with Crippen LogP contribution in [0.1, 0.15) is 26.7 Å². The summed E-state index contributed by atoms with van der Waals surface area (Å²) in [5, 5.41) is 5.21. The number of urea groups is 1. The number of primary amides is 1. The van der Waals surface area contributed by atoms with Gasteiger partial charge in [-0.25, -0.2) is 9.78 Å². The molecule has 7 nitrogen and oxygen atoms in total. The van der Waals surface area contributed by atoms with E-state index in [9.17, 15) is 9.59 Å². The number of nitrogens with one attached hydrogen (secondary N) is 2. The lowest BCUT2D eigenvalue weighted by Gasteiger charge is -2.21. The van der Waals surface area contributed by atoms with Crippen molar-refractivity contribution in [3.63, 3.8) is 0 Å². The van der Waals surface area contributed by atoms with Gasteiger partial charge in [0, 0.05) is 13.1 Å². The van der Waals surface area contributed by atoms with E-state index in [2.05, 4.69) is 20.5 Å². The van der Waals surface area contributed by atoms with E-state index in [-0.39, 0.29) is 11.8 Å². The number of aromatic nitrogens is 1. The Labute approximate surface area is 130 Å². The van der Waals surface area contributed by atoms with E-state index < -0.39 is 12.1 Å². The zero-order chi connectivity index (χ0) is 16.1. The first kappa shape index (κ1) is 16.1. The molecule has 1 atom stereocenters. The highest BCUT2D eigenvalue weighted by atomic mass is 16.2. The molecule has 7 heteroatoms. The lowest BCUT2D eigenvalue weighted by Crippen LogP contribution is -2.49. The van der Waals surface area contributed by atoms with Gasteiger partial charge in [0.15, 0.2) is 0 Å². The lowest BCUT2D eigenvalue weighted by atomic mass is 10.0. The normalized spacial score (nSPS) is 15.7. The summed E-state index contributed by atoms with van der Waals surface area (Å²) >= 11 is 0. The fourth-order valence-corrected chi connectivity index (χ4v) is 2.50. The van der Waals surface area contributed by atoms with Crippen LogP contribution in [0.4, 0.5) is 16.3 Å². The third-order valence-electron chi connectivity index (χ3n) is 3.69. The largest absolute Gasteiger partial charge is 0.357 e. The Bertz CT molecular complexity index is 523. The molecule has 2 rings (SSSR count). The van der Waals surface area contributed by atoms with E-state index in [4.69, 9.17) is 5.73 Å². The highest BCUT2D eigenvalue weighted by Gasteiger charge is 2.23. The van der Waals surface area contributed by atoms with Crippen molar-refractivity contribution in [3.05, 3.63) is 18.3 Å². The van der Waals surface area contributed by atoms with Gasteiger partial charge in [0.2, 0.25) is 5.91 Å². The van der Waals surface area contributed by atoms with Crippen LogP contribution >= 0.6 is 0 Å². The molecule has 1 aromatic rings. The van der Waals surface area contributed by atoms with E-state index in [1.165, 1.54) is 12.8 Å². The minimum atomic E-state index is -0.712. The number of rotatable bonds is 5. The number of amides is 3. The van der Waals surface area contributed by atoms with Gasteiger partial charge in [-0.05, 0) is 30.9 Å². The molecule has 0 aliphatic carbocycles. The van der Waals surface area contributed by atoms with Crippen LogP contribution in [0.25, 0.3) is 0 Å². The predicted molar refractivity (Wildman–Crippen MR) is 85.7 cm³/mol. The van der Waals surface area contributed by atoms with Crippen molar-refractivity contribution < 1.29 is 9.59 Å². The van der Waals surface area contributed by atoms with Gasteiger partial charge >= 0.3 is 6.03 Å². The average Bonchev–Trinajstić information content (AvgIpc) is 2.99. The highest BCUT2D eigenvalue weighted by Crippen LogP contribution is 2.19. The first-order valence-corrected chi connectivity index (χ1v) is 7.55. The summed E-state index contributed by atoms with van der Waals surface area (Å²) in [4.78, 5) is 29.8. The van der Waals surface area contributed by atoms with Crippen LogP contribution in [0.2, 0.25) is 0 Å². The van der Waals surface area contributed by atoms with Crippen LogP contribution in [0.5, 0.6) is 0 Å². The number of hydrogen-bond acceptors (Lipinski definition) is 4. The summed E-state index contributed by atoms with van der Waals surface area (Å²) in [6, 6.07) is 2.33. The summed E-state index contributed by atoms with van der Waals surface area (Å²) in [5.74, 6) is 0.556. The molecule has 0 radical (unpaired) electrons. The maximum absolute atomic E-state index is 12.2. The molecule has 1 saturated heterocycles. The van der Waals surface area contributed by atoms with Gasteiger partial charge in [-0.3, -0.25) is 4.79 Å². The first-order chi connectivity index (χ1) is 10.5. The van der Waals surface area contributed by atoms with Crippen LogP contribution in [0, 0.1) is 5.92 Å². The second kappa shape index (κ2) is 7.11. The van der Waals surface area contributed by atoms with Gasteiger partial charge in [0.05, 0.1) is 11.9 Å². The number of pyridine rings is 1. The molecule has 0 unspecified atom stereocenters. The molecule has 0 aromatic carbocycles. The fraction of sp³-hybridized carbons (Fsp3) is 0.533.